The van der Waals surface area contributed by atoms with Crippen molar-refractivity contribution < 1.29 is 23.5 Å². The number of nitrogens with zero attached hydrogens (tertiary/aromatic N) is 2. The molecule has 132 valence electrons. The molecule has 7 nitrogen and oxygen atoms in total. The molecule has 3 rings (SSSR count). The molecule has 1 aromatic heterocycles. The monoisotopic (exact) mass is 344 g/mol. The van der Waals surface area contributed by atoms with Crippen LogP contribution in [0.4, 0.5) is 0 Å². The number of rotatable bonds is 5. The maximum absolute atomic E-state index is 12.4. The zero-order chi connectivity index (χ0) is 17.8. The third-order valence-corrected chi connectivity index (χ3v) is 4.12. The van der Waals surface area contributed by atoms with Gasteiger partial charge in [-0.3, -0.25) is 4.79 Å². The third-order valence-electron chi connectivity index (χ3n) is 4.12. The van der Waals surface area contributed by atoms with E-state index in [2.05, 4.69) is 5.16 Å². The average Bonchev–Trinajstić information content (AvgIpc) is 3.12. The highest BCUT2D eigenvalue weighted by Crippen LogP contribution is 2.38. The second-order valence-corrected chi connectivity index (χ2v) is 5.58. The lowest BCUT2D eigenvalue weighted by Crippen LogP contribution is -2.34. The topological polar surface area (TPSA) is 74.0 Å². The Kier molecular flexibility index (Phi) is 4.92. The Labute approximate surface area is 145 Å². The van der Waals surface area contributed by atoms with Gasteiger partial charge in [0, 0.05) is 24.6 Å². The van der Waals surface area contributed by atoms with Gasteiger partial charge in [0.2, 0.25) is 11.7 Å². The Balaban J connectivity index is 1.76. The summed E-state index contributed by atoms with van der Waals surface area (Å²) in [5, 5.41) is 3.78. The zero-order valence-electron chi connectivity index (χ0n) is 14.4. The van der Waals surface area contributed by atoms with E-state index in [9.17, 15) is 4.79 Å². The Hall–Kier alpha value is -2.96. The molecule has 2 aromatic rings. The molecule has 0 saturated carbocycles. The Bertz CT molecular complexity index is 772. The predicted molar refractivity (Wildman–Crippen MR) is 90.8 cm³/mol. The number of methoxy groups -OCH3 is 3. The molecule has 25 heavy (non-hydrogen) atoms. The van der Waals surface area contributed by atoms with Crippen molar-refractivity contribution in [3.05, 3.63) is 41.3 Å². The van der Waals surface area contributed by atoms with Crippen LogP contribution in [0.15, 0.2) is 28.9 Å². The molecule has 0 fully saturated rings. The fraction of sp³-hybridized carbons (Fsp3) is 0.333. The van der Waals surface area contributed by atoms with Crippen LogP contribution in [0.2, 0.25) is 0 Å². The molecule has 0 aliphatic carbocycles. The van der Waals surface area contributed by atoms with Gasteiger partial charge in [0.1, 0.15) is 5.76 Å². The van der Waals surface area contributed by atoms with Crippen molar-refractivity contribution in [3.8, 4) is 17.2 Å². The van der Waals surface area contributed by atoms with Crippen LogP contribution < -0.4 is 14.2 Å². The molecule has 7 heteroatoms. The molecular weight excluding hydrogens is 324 g/mol. The number of ether oxygens (including phenoxy) is 3. The highest BCUT2D eigenvalue weighted by atomic mass is 16.5. The van der Waals surface area contributed by atoms with E-state index in [-0.39, 0.29) is 5.91 Å². The molecule has 2 heterocycles. The summed E-state index contributed by atoms with van der Waals surface area (Å²) in [4.78, 5) is 14.2. The van der Waals surface area contributed by atoms with E-state index in [0.717, 1.165) is 16.9 Å². The van der Waals surface area contributed by atoms with Gasteiger partial charge in [0.25, 0.3) is 0 Å². The van der Waals surface area contributed by atoms with Crippen molar-refractivity contribution in [1.82, 2.24) is 10.1 Å². The number of carbonyl (C=O) groups is 1. The van der Waals surface area contributed by atoms with Crippen molar-refractivity contribution in [3.63, 3.8) is 0 Å². The van der Waals surface area contributed by atoms with Gasteiger partial charge in [0.15, 0.2) is 11.5 Å². The fourth-order valence-corrected chi connectivity index (χ4v) is 2.80. The molecule has 0 radical (unpaired) electrons. The molecule has 1 aromatic carbocycles. The van der Waals surface area contributed by atoms with Crippen LogP contribution in [-0.2, 0) is 17.8 Å². The van der Waals surface area contributed by atoms with Gasteiger partial charge in [-0.1, -0.05) is 5.16 Å². The molecule has 0 N–H and O–H groups in total. The number of hydrogen-bond acceptors (Lipinski definition) is 6. The first kappa shape index (κ1) is 16.9. The second kappa shape index (κ2) is 7.29. The number of benzene rings is 1. The molecule has 1 aliphatic heterocycles. The summed E-state index contributed by atoms with van der Waals surface area (Å²) in [6.45, 7) is 1.12. The smallest absolute Gasteiger partial charge is 0.246 e. The van der Waals surface area contributed by atoms with Crippen LogP contribution in [0.25, 0.3) is 6.08 Å². The first-order valence-electron chi connectivity index (χ1n) is 7.85. The number of aromatic nitrogens is 1. The van der Waals surface area contributed by atoms with Crippen molar-refractivity contribution in [1.29, 1.82) is 0 Å². The van der Waals surface area contributed by atoms with E-state index >= 15 is 0 Å². The summed E-state index contributed by atoms with van der Waals surface area (Å²) in [6, 6.07) is 3.58. The summed E-state index contributed by atoms with van der Waals surface area (Å²) in [6.07, 6.45) is 5.62. The van der Waals surface area contributed by atoms with Gasteiger partial charge in [0.05, 0.1) is 34.1 Å². The van der Waals surface area contributed by atoms with Crippen LogP contribution in [0.5, 0.6) is 17.2 Å². The lowest BCUT2D eigenvalue weighted by Gasteiger charge is -2.24. The average molecular weight is 344 g/mol. The van der Waals surface area contributed by atoms with Crippen LogP contribution in [0, 0.1) is 0 Å². The number of fused-ring (bicyclic) bond motifs is 1. The Morgan fingerprint density at radius 1 is 1.20 bits per heavy atom. The predicted octanol–water partition coefficient (Wildman–Crippen LogP) is 2.30. The van der Waals surface area contributed by atoms with Crippen LogP contribution in [0.3, 0.4) is 0 Å². The lowest BCUT2D eigenvalue weighted by atomic mass is 10.1. The minimum atomic E-state index is -0.0689. The maximum atomic E-state index is 12.4. The molecule has 0 atom stereocenters. The van der Waals surface area contributed by atoms with Gasteiger partial charge in [-0.2, -0.15) is 0 Å². The fourth-order valence-electron chi connectivity index (χ4n) is 2.80. The summed E-state index contributed by atoms with van der Waals surface area (Å²) in [7, 11) is 4.66. The van der Waals surface area contributed by atoms with E-state index in [1.54, 1.807) is 56.7 Å². The van der Waals surface area contributed by atoms with Crippen molar-refractivity contribution in [2.45, 2.75) is 13.0 Å². The Morgan fingerprint density at radius 2 is 1.92 bits per heavy atom. The summed E-state index contributed by atoms with van der Waals surface area (Å²) in [5.74, 6) is 2.39. The largest absolute Gasteiger partial charge is 0.493 e. The van der Waals surface area contributed by atoms with Gasteiger partial charge in [-0.25, -0.2) is 0 Å². The Morgan fingerprint density at radius 3 is 2.56 bits per heavy atom. The summed E-state index contributed by atoms with van der Waals surface area (Å²) >= 11 is 0. The van der Waals surface area contributed by atoms with Gasteiger partial charge in [-0.15, -0.1) is 0 Å². The molecule has 0 spiro atoms. The minimum absolute atomic E-state index is 0.0689. The van der Waals surface area contributed by atoms with Crippen LogP contribution in [-0.4, -0.2) is 43.8 Å². The highest BCUT2D eigenvalue weighted by Gasteiger charge is 2.22. The standard InChI is InChI=1S/C18H20N2O5/c1-22-15-8-12(9-16(23-2)18(15)24-3)4-5-17(21)20-7-6-14-13(11-20)10-19-25-14/h4-5,8-10H,6-7,11H2,1-3H3. The highest BCUT2D eigenvalue weighted by molar-refractivity contribution is 5.92. The molecule has 0 saturated heterocycles. The van der Waals surface area contributed by atoms with E-state index in [0.29, 0.717) is 36.8 Å². The normalized spacial score (nSPS) is 13.6. The number of amides is 1. The first-order chi connectivity index (χ1) is 12.2. The molecule has 0 bridgehead atoms. The van der Waals surface area contributed by atoms with E-state index < -0.39 is 0 Å². The van der Waals surface area contributed by atoms with Crippen LogP contribution >= 0.6 is 0 Å². The minimum Gasteiger partial charge on any atom is -0.493 e. The second-order valence-electron chi connectivity index (χ2n) is 5.58. The number of carbonyl (C=O) groups excluding carboxylic acids is 1. The summed E-state index contributed by atoms with van der Waals surface area (Å²) in [5.41, 5.74) is 1.74. The zero-order valence-corrected chi connectivity index (χ0v) is 14.4. The molecule has 1 aliphatic rings. The summed E-state index contributed by atoms with van der Waals surface area (Å²) < 4.78 is 21.1. The van der Waals surface area contributed by atoms with Gasteiger partial charge >= 0.3 is 0 Å². The van der Waals surface area contributed by atoms with E-state index in [1.807, 2.05) is 0 Å². The quantitative estimate of drug-likeness (QED) is 0.775. The number of hydrogen-bond donors (Lipinski definition) is 0. The van der Waals surface area contributed by atoms with Crippen LogP contribution in [0.1, 0.15) is 16.9 Å². The third kappa shape index (κ3) is 3.45. The van der Waals surface area contributed by atoms with Gasteiger partial charge < -0.3 is 23.6 Å². The van der Waals surface area contributed by atoms with E-state index in [4.69, 9.17) is 18.7 Å². The molecular formula is C18H20N2O5. The molecule has 0 unspecified atom stereocenters. The maximum Gasteiger partial charge on any atom is 0.246 e. The van der Waals surface area contributed by atoms with Crippen molar-refractivity contribution >= 4 is 12.0 Å². The lowest BCUT2D eigenvalue weighted by molar-refractivity contribution is -0.126. The molecule has 1 amide bonds. The van der Waals surface area contributed by atoms with Crippen molar-refractivity contribution in [2.75, 3.05) is 27.9 Å². The SMILES string of the molecule is COc1cc(C=CC(=O)N2CCc3oncc3C2)cc(OC)c1OC. The first-order valence-corrected chi connectivity index (χ1v) is 7.85. The van der Waals surface area contributed by atoms with E-state index in [1.165, 1.54) is 0 Å². The van der Waals surface area contributed by atoms with Gasteiger partial charge in [-0.05, 0) is 23.8 Å². The van der Waals surface area contributed by atoms with Crippen molar-refractivity contribution in [2.24, 2.45) is 0 Å².